The van der Waals surface area contributed by atoms with Crippen LogP contribution in [-0.2, 0) is 0 Å². The summed E-state index contributed by atoms with van der Waals surface area (Å²) in [5.41, 5.74) is 12.6. The summed E-state index contributed by atoms with van der Waals surface area (Å²) in [6, 6.07) is 9.16. The number of piperidine rings is 1. The number of H-pyrrole nitrogens is 1. The fourth-order valence-electron chi connectivity index (χ4n) is 5.18. The predicted molar refractivity (Wildman–Crippen MR) is 119 cm³/mol. The highest BCUT2D eigenvalue weighted by Crippen LogP contribution is 2.38. The van der Waals surface area contributed by atoms with E-state index in [1.54, 1.807) is 30.5 Å². The van der Waals surface area contributed by atoms with Gasteiger partial charge in [-0.05, 0) is 56.0 Å². The van der Waals surface area contributed by atoms with Crippen molar-refractivity contribution in [1.82, 2.24) is 15.3 Å². The van der Waals surface area contributed by atoms with Crippen LogP contribution in [0.5, 0.6) is 0 Å². The van der Waals surface area contributed by atoms with Gasteiger partial charge in [0, 0.05) is 41.5 Å². The molecule has 9 heteroatoms. The zero-order chi connectivity index (χ0) is 22.4. The SMILES string of the molecule is NC(=O)c1ccc(N2C3CCC2CC(NC(=O)c2ccc(C(N)=O)c4[nH]ccc24)C3)nc1. The second-order valence-electron chi connectivity index (χ2n) is 8.49. The highest BCUT2D eigenvalue weighted by molar-refractivity contribution is 6.12. The quantitative estimate of drug-likeness (QED) is 0.484. The monoisotopic (exact) mass is 432 g/mol. The van der Waals surface area contributed by atoms with Crippen molar-refractivity contribution in [1.29, 1.82) is 0 Å². The summed E-state index contributed by atoms with van der Waals surface area (Å²) in [5, 5.41) is 3.86. The van der Waals surface area contributed by atoms with E-state index in [4.69, 9.17) is 11.5 Å². The minimum atomic E-state index is -0.536. The number of nitrogens with two attached hydrogens (primary N) is 2. The zero-order valence-corrected chi connectivity index (χ0v) is 17.4. The zero-order valence-electron chi connectivity index (χ0n) is 17.4. The Labute approximate surface area is 184 Å². The number of anilines is 1. The van der Waals surface area contributed by atoms with Crippen LogP contribution in [0.3, 0.4) is 0 Å². The lowest BCUT2D eigenvalue weighted by Gasteiger charge is -2.40. The molecule has 3 amide bonds. The maximum atomic E-state index is 13.1. The molecule has 0 radical (unpaired) electrons. The number of aromatic amines is 1. The number of hydrogen-bond donors (Lipinski definition) is 4. The number of rotatable bonds is 5. The van der Waals surface area contributed by atoms with Gasteiger partial charge in [0.25, 0.3) is 11.8 Å². The molecule has 32 heavy (non-hydrogen) atoms. The van der Waals surface area contributed by atoms with Crippen LogP contribution in [-0.4, -0.2) is 45.8 Å². The van der Waals surface area contributed by atoms with Crippen molar-refractivity contribution in [2.75, 3.05) is 4.90 Å². The molecule has 2 unspecified atom stereocenters. The Balaban J connectivity index is 1.32. The molecule has 5 rings (SSSR count). The lowest BCUT2D eigenvalue weighted by atomic mass is 9.96. The molecule has 0 saturated carbocycles. The van der Waals surface area contributed by atoms with Crippen molar-refractivity contribution >= 4 is 34.4 Å². The maximum absolute atomic E-state index is 13.1. The first-order valence-corrected chi connectivity index (χ1v) is 10.7. The van der Waals surface area contributed by atoms with Gasteiger partial charge >= 0.3 is 0 Å². The molecular formula is C23H24N6O3. The lowest BCUT2D eigenvalue weighted by Crippen LogP contribution is -2.50. The average molecular weight is 432 g/mol. The van der Waals surface area contributed by atoms with E-state index in [0.29, 0.717) is 27.6 Å². The Morgan fingerprint density at radius 2 is 1.69 bits per heavy atom. The fourth-order valence-corrected chi connectivity index (χ4v) is 5.18. The molecule has 2 saturated heterocycles. The molecule has 2 aliphatic heterocycles. The van der Waals surface area contributed by atoms with Crippen molar-refractivity contribution < 1.29 is 14.4 Å². The third-order valence-corrected chi connectivity index (χ3v) is 6.60. The van der Waals surface area contributed by atoms with Gasteiger partial charge in [-0.3, -0.25) is 14.4 Å². The van der Waals surface area contributed by atoms with Gasteiger partial charge in [-0.15, -0.1) is 0 Å². The van der Waals surface area contributed by atoms with Gasteiger partial charge in [-0.25, -0.2) is 4.98 Å². The summed E-state index contributed by atoms with van der Waals surface area (Å²) in [6.45, 7) is 0. The molecule has 6 N–H and O–H groups in total. The largest absolute Gasteiger partial charge is 0.366 e. The van der Waals surface area contributed by atoms with E-state index in [1.807, 2.05) is 6.07 Å². The van der Waals surface area contributed by atoms with E-state index in [1.165, 1.54) is 6.20 Å². The van der Waals surface area contributed by atoms with Crippen LogP contribution in [0.4, 0.5) is 5.82 Å². The number of aromatic nitrogens is 2. The van der Waals surface area contributed by atoms with Crippen molar-refractivity contribution in [2.45, 2.75) is 43.8 Å². The first-order chi connectivity index (χ1) is 15.4. The van der Waals surface area contributed by atoms with Crippen LogP contribution in [0.25, 0.3) is 10.9 Å². The van der Waals surface area contributed by atoms with E-state index in [0.717, 1.165) is 31.5 Å². The van der Waals surface area contributed by atoms with Crippen LogP contribution in [0.2, 0.25) is 0 Å². The van der Waals surface area contributed by atoms with E-state index >= 15 is 0 Å². The van der Waals surface area contributed by atoms with Crippen molar-refractivity contribution in [2.24, 2.45) is 11.5 Å². The second kappa shape index (κ2) is 7.67. The van der Waals surface area contributed by atoms with Crippen molar-refractivity contribution in [3.8, 4) is 0 Å². The summed E-state index contributed by atoms with van der Waals surface area (Å²) in [4.78, 5) is 45.8. The van der Waals surface area contributed by atoms with Crippen LogP contribution in [0.1, 0.15) is 56.8 Å². The number of nitrogens with one attached hydrogen (secondary N) is 2. The molecule has 1 aromatic carbocycles. The lowest BCUT2D eigenvalue weighted by molar-refractivity contribution is 0.0926. The minimum Gasteiger partial charge on any atom is -0.366 e. The Morgan fingerprint density at radius 3 is 2.31 bits per heavy atom. The van der Waals surface area contributed by atoms with E-state index < -0.39 is 11.8 Å². The normalized spacial score (nSPS) is 22.1. The summed E-state index contributed by atoms with van der Waals surface area (Å²) in [7, 11) is 0. The first-order valence-electron chi connectivity index (χ1n) is 10.7. The average Bonchev–Trinajstić information content (AvgIpc) is 3.36. The summed E-state index contributed by atoms with van der Waals surface area (Å²) in [5.74, 6) is -0.351. The Hall–Kier alpha value is -3.88. The molecule has 2 fully saturated rings. The number of amides is 3. The van der Waals surface area contributed by atoms with Gasteiger partial charge in [0.15, 0.2) is 0 Å². The number of benzene rings is 1. The van der Waals surface area contributed by atoms with Crippen LogP contribution < -0.4 is 21.7 Å². The molecule has 0 aliphatic carbocycles. The molecule has 2 aliphatic rings. The molecule has 0 spiro atoms. The van der Waals surface area contributed by atoms with E-state index in [9.17, 15) is 14.4 Å². The second-order valence-corrected chi connectivity index (χ2v) is 8.49. The standard InChI is InChI=1S/C23H24N6O3/c24-21(30)12-1-6-19(27-11-12)29-14-2-3-15(29)10-13(9-14)28-23(32)17-4-5-18(22(25)31)20-16(17)7-8-26-20/h1,4-8,11,13-15,26H,2-3,9-10H2,(H2,24,30)(H2,25,31)(H,28,32). The van der Waals surface area contributed by atoms with Gasteiger partial charge in [-0.1, -0.05) is 0 Å². The third-order valence-electron chi connectivity index (χ3n) is 6.60. The highest BCUT2D eigenvalue weighted by Gasteiger charge is 2.41. The predicted octanol–water partition coefficient (Wildman–Crippen LogP) is 1.69. The van der Waals surface area contributed by atoms with E-state index in [2.05, 4.69) is 20.2 Å². The number of hydrogen-bond acceptors (Lipinski definition) is 5. The Kier molecular flexibility index (Phi) is 4.80. The maximum Gasteiger partial charge on any atom is 0.252 e. The number of nitrogens with zero attached hydrogens (tertiary/aromatic N) is 2. The molecule has 3 aromatic rings. The van der Waals surface area contributed by atoms with Gasteiger partial charge < -0.3 is 26.7 Å². The summed E-state index contributed by atoms with van der Waals surface area (Å²) in [6.07, 6.45) is 6.91. The summed E-state index contributed by atoms with van der Waals surface area (Å²) >= 11 is 0. The smallest absolute Gasteiger partial charge is 0.252 e. The van der Waals surface area contributed by atoms with Crippen molar-refractivity contribution in [3.63, 3.8) is 0 Å². The minimum absolute atomic E-state index is 0.0472. The Morgan fingerprint density at radius 1 is 0.969 bits per heavy atom. The molecule has 4 heterocycles. The summed E-state index contributed by atoms with van der Waals surface area (Å²) < 4.78 is 0. The van der Waals surface area contributed by atoms with Gasteiger partial charge in [0.05, 0.1) is 16.6 Å². The topological polar surface area (TPSA) is 147 Å². The van der Waals surface area contributed by atoms with Gasteiger partial charge in [0.2, 0.25) is 5.91 Å². The third kappa shape index (κ3) is 3.35. The van der Waals surface area contributed by atoms with E-state index in [-0.39, 0.29) is 24.0 Å². The number of carbonyl (C=O) groups excluding carboxylic acids is 3. The molecule has 2 bridgehead atoms. The highest BCUT2D eigenvalue weighted by atomic mass is 16.2. The van der Waals surface area contributed by atoms with Crippen LogP contribution >= 0.6 is 0 Å². The Bertz CT molecular complexity index is 1200. The molecule has 2 aromatic heterocycles. The first kappa shape index (κ1) is 20.0. The van der Waals surface area contributed by atoms with Crippen LogP contribution in [0, 0.1) is 0 Å². The number of primary amides is 2. The van der Waals surface area contributed by atoms with Crippen LogP contribution in [0.15, 0.2) is 42.7 Å². The number of pyridine rings is 1. The van der Waals surface area contributed by atoms with Gasteiger partial charge in [0.1, 0.15) is 5.82 Å². The number of fused-ring (bicyclic) bond motifs is 3. The molecule has 9 nitrogen and oxygen atoms in total. The van der Waals surface area contributed by atoms with Crippen molar-refractivity contribution in [3.05, 3.63) is 59.4 Å². The van der Waals surface area contributed by atoms with Gasteiger partial charge in [-0.2, -0.15) is 0 Å². The number of carbonyl (C=O) groups is 3. The molecule has 164 valence electrons. The fraction of sp³-hybridized carbons (Fsp3) is 0.304. The molecule has 2 atom stereocenters. The molecular weight excluding hydrogens is 408 g/mol.